The SMILES string of the molecule is CCCNC(C)c1ccc(OCCC(=O)NC)c(F)c1. The normalized spacial score (nSPS) is 12.0. The van der Waals surface area contributed by atoms with Crippen molar-refractivity contribution in [1.29, 1.82) is 0 Å². The summed E-state index contributed by atoms with van der Waals surface area (Å²) in [4.78, 5) is 11.0. The minimum atomic E-state index is -0.399. The molecule has 0 bridgehead atoms. The summed E-state index contributed by atoms with van der Waals surface area (Å²) in [5, 5.41) is 5.79. The van der Waals surface area contributed by atoms with E-state index >= 15 is 0 Å². The number of hydrogen-bond acceptors (Lipinski definition) is 3. The second-order valence-electron chi connectivity index (χ2n) is 4.64. The third kappa shape index (κ3) is 5.17. The fourth-order valence-electron chi connectivity index (χ4n) is 1.76. The molecule has 0 aromatic heterocycles. The first kappa shape index (κ1) is 16.4. The average Bonchev–Trinajstić information content (AvgIpc) is 2.46. The van der Waals surface area contributed by atoms with Gasteiger partial charge in [-0.15, -0.1) is 0 Å². The van der Waals surface area contributed by atoms with Crippen molar-refractivity contribution in [3.8, 4) is 5.75 Å². The molecule has 5 heteroatoms. The minimum absolute atomic E-state index is 0.101. The summed E-state index contributed by atoms with van der Waals surface area (Å²) < 4.78 is 19.2. The van der Waals surface area contributed by atoms with Crippen LogP contribution in [0.15, 0.2) is 18.2 Å². The fraction of sp³-hybridized carbons (Fsp3) is 0.533. The van der Waals surface area contributed by atoms with E-state index in [9.17, 15) is 9.18 Å². The monoisotopic (exact) mass is 282 g/mol. The molecule has 0 heterocycles. The molecule has 1 rings (SSSR count). The molecule has 0 aliphatic carbocycles. The Bertz CT molecular complexity index is 438. The van der Waals surface area contributed by atoms with Gasteiger partial charge in [0.1, 0.15) is 0 Å². The zero-order valence-electron chi connectivity index (χ0n) is 12.3. The van der Waals surface area contributed by atoms with E-state index in [2.05, 4.69) is 17.6 Å². The molecular weight excluding hydrogens is 259 g/mol. The number of ether oxygens (including phenoxy) is 1. The van der Waals surface area contributed by atoms with Crippen molar-refractivity contribution in [3.63, 3.8) is 0 Å². The van der Waals surface area contributed by atoms with Crippen molar-refractivity contribution in [2.75, 3.05) is 20.2 Å². The maximum atomic E-state index is 13.9. The molecule has 0 aliphatic rings. The van der Waals surface area contributed by atoms with E-state index in [-0.39, 0.29) is 30.7 Å². The van der Waals surface area contributed by atoms with Crippen molar-refractivity contribution < 1.29 is 13.9 Å². The van der Waals surface area contributed by atoms with Crippen LogP contribution in [-0.4, -0.2) is 26.1 Å². The molecule has 4 nitrogen and oxygen atoms in total. The summed E-state index contributed by atoms with van der Waals surface area (Å²) in [5.41, 5.74) is 0.884. The first-order chi connectivity index (χ1) is 9.58. The minimum Gasteiger partial charge on any atom is -0.490 e. The Kier molecular flexibility index (Phi) is 7.01. The maximum absolute atomic E-state index is 13.9. The lowest BCUT2D eigenvalue weighted by molar-refractivity contribution is -0.121. The van der Waals surface area contributed by atoms with Crippen molar-refractivity contribution in [2.45, 2.75) is 32.7 Å². The maximum Gasteiger partial charge on any atom is 0.223 e. The van der Waals surface area contributed by atoms with Crippen LogP contribution in [0.2, 0.25) is 0 Å². The molecule has 1 unspecified atom stereocenters. The van der Waals surface area contributed by atoms with Crippen molar-refractivity contribution in [2.24, 2.45) is 0 Å². The molecule has 0 radical (unpaired) electrons. The lowest BCUT2D eigenvalue weighted by Crippen LogP contribution is -2.20. The fourth-order valence-corrected chi connectivity index (χ4v) is 1.76. The molecule has 0 spiro atoms. The Morgan fingerprint density at radius 1 is 1.45 bits per heavy atom. The Morgan fingerprint density at radius 2 is 2.20 bits per heavy atom. The van der Waals surface area contributed by atoms with Gasteiger partial charge in [0.2, 0.25) is 5.91 Å². The Labute approximate surface area is 119 Å². The standard InChI is InChI=1S/C15H23FN2O2/c1-4-8-18-11(2)12-5-6-14(13(16)10-12)20-9-7-15(19)17-3/h5-6,10-11,18H,4,7-9H2,1-3H3,(H,17,19). The van der Waals surface area contributed by atoms with Gasteiger partial charge in [0.15, 0.2) is 11.6 Å². The van der Waals surface area contributed by atoms with Gasteiger partial charge in [-0.05, 0) is 37.6 Å². The zero-order valence-corrected chi connectivity index (χ0v) is 12.3. The molecule has 1 aromatic rings. The summed E-state index contributed by atoms with van der Waals surface area (Å²) in [6.45, 7) is 5.15. The highest BCUT2D eigenvalue weighted by Gasteiger charge is 2.10. The topological polar surface area (TPSA) is 50.4 Å². The van der Waals surface area contributed by atoms with Crippen LogP contribution in [0.1, 0.15) is 38.3 Å². The quantitative estimate of drug-likeness (QED) is 0.770. The predicted octanol–water partition coefficient (Wildman–Crippen LogP) is 2.40. The smallest absolute Gasteiger partial charge is 0.223 e. The molecule has 0 aliphatic heterocycles. The van der Waals surface area contributed by atoms with Crippen molar-refractivity contribution >= 4 is 5.91 Å². The Morgan fingerprint density at radius 3 is 2.80 bits per heavy atom. The van der Waals surface area contributed by atoms with Crippen LogP contribution in [0.4, 0.5) is 4.39 Å². The molecular formula is C15H23FN2O2. The predicted molar refractivity (Wildman–Crippen MR) is 77.3 cm³/mol. The highest BCUT2D eigenvalue weighted by molar-refractivity contribution is 5.75. The molecule has 0 fully saturated rings. The summed E-state index contributed by atoms with van der Waals surface area (Å²) >= 11 is 0. The zero-order chi connectivity index (χ0) is 15.0. The molecule has 20 heavy (non-hydrogen) atoms. The van der Waals surface area contributed by atoms with Crippen LogP contribution < -0.4 is 15.4 Å². The van der Waals surface area contributed by atoms with Gasteiger partial charge >= 0.3 is 0 Å². The lowest BCUT2D eigenvalue weighted by Gasteiger charge is -2.15. The molecule has 0 saturated carbocycles. The summed E-state index contributed by atoms with van der Waals surface area (Å²) in [6.07, 6.45) is 1.25. The second-order valence-corrected chi connectivity index (χ2v) is 4.64. The number of hydrogen-bond donors (Lipinski definition) is 2. The Balaban J connectivity index is 2.56. The number of carbonyl (C=O) groups is 1. The van der Waals surface area contributed by atoms with Gasteiger partial charge in [-0.25, -0.2) is 4.39 Å². The number of halogens is 1. The first-order valence-corrected chi connectivity index (χ1v) is 6.94. The van der Waals surface area contributed by atoms with Gasteiger partial charge < -0.3 is 15.4 Å². The van der Waals surface area contributed by atoms with Crippen molar-refractivity contribution in [1.82, 2.24) is 10.6 Å². The van der Waals surface area contributed by atoms with E-state index in [4.69, 9.17) is 4.74 Å². The number of carbonyl (C=O) groups excluding carboxylic acids is 1. The van der Waals surface area contributed by atoms with Crippen LogP contribution in [-0.2, 0) is 4.79 Å². The van der Waals surface area contributed by atoms with Crippen LogP contribution in [0.25, 0.3) is 0 Å². The number of nitrogens with one attached hydrogen (secondary N) is 2. The van der Waals surface area contributed by atoms with Crippen LogP contribution in [0.3, 0.4) is 0 Å². The molecule has 1 amide bonds. The first-order valence-electron chi connectivity index (χ1n) is 6.94. The van der Waals surface area contributed by atoms with Gasteiger partial charge in [-0.1, -0.05) is 13.0 Å². The number of benzene rings is 1. The van der Waals surface area contributed by atoms with Crippen LogP contribution in [0.5, 0.6) is 5.75 Å². The summed E-state index contributed by atoms with van der Waals surface area (Å²) in [6, 6.07) is 5.02. The lowest BCUT2D eigenvalue weighted by atomic mass is 10.1. The largest absolute Gasteiger partial charge is 0.490 e. The highest BCUT2D eigenvalue weighted by Crippen LogP contribution is 2.22. The van der Waals surface area contributed by atoms with E-state index in [1.54, 1.807) is 13.1 Å². The van der Waals surface area contributed by atoms with Crippen molar-refractivity contribution in [3.05, 3.63) is 29.6 Å². The molecule has 1 atom stereocenters. The third-order valence-electron chi connectivity index (χ3n) is 3.02. The van der Waals surface area contributed by atoms with Gasteiger partial charge in [0.25, 0.3) is 0 Å². The van der Waals surface area contributed by atoms with E-state index < -0.39 is 5.82 Å². The van der Waals surface area contributed by atoms with Crippen LogP contribution >= 0.6 is 0 Å². The van der Waals surface area contributed by atoms with E-state index in [1.807, 2.05) is 13.0 Å². The molecule has 2 N–H and O–H groups in total. The molecule has 1 aromatic carbocycles. The molecule has 0 saturated heterocycles. The van der Waals surface area contributed by atoms with Gasteiger partial charge in [-0.2, -0.15) is 0 Å². The van der Waals surface area contributed by atoms with Crippen LogP contribution in [0, 0.1) is 5.82 Å². The number of amides is 1. The van der Waals surface area contributed by atoms with E-state index in [0.717, 1.165) is 18.5 Å². The van der Waals surface area contributed by atoms with Gasteiger partial charge in [0, 0.05) is 13.1 Å². The van der Waals surface area contributed by atoms with Gasteiger partial charge in [0.05, 0.1) is 13.0 Å². The van der Waals surface area contributed by atoms with Gasteiger partial charge in [-0.3, -0.25) is 4.79 Å². The highest BCUT2D eigenvalue weighted by atomic mass is 19.1. The third-order valence-corrected chi connectivity index (χ3v) is 3.02. The average molecular weight is 282 g/mol. The van der Waals surface area contributed by atoms with E-state index in [1.165, 1.54) is 6.07 Å². The Hall–Kier alpha value is -1.62. The number of rotatable bonds is 8. The second kappa shape index (κ2) is 8.53. The van der Waals surface area contributed by atoms with E-state index in [0.29, 0.717) is 0 Å². The summed E-state index contributed by atoms with van der Waals surface area (Å²) in [5.74, 6) is -0.343. The molecule has 112 valence electrons. The summed E-state index contributed by atoms with van der Waals surface area (Å²) in [7, 11) is 1.56.